The first-order valence-electron chi connectivity index (χ1n) is 4.92. The summed E-state index contributed by atoms with van der Waals surface area (Å²) < 4.78 is 5.73. The van der Waals surface area contributed by atoms with E-state index in [-0.39, 0.29) is 0 Å². The number of fused-ring (bicyclic) bond motifs is 1. The number of nitrogen functional groups attached to an aromatic ring is 1. The zero-order chi connectivity index (χ0) is 10.3. The van der Waals surface area contributed by atoms with Gasteiger partial charge >= 0.3 is 0 Å². The predicted molar refractivity (Wildman–Crippen MR) is 59.5 cm³/mol. The van der Waals surface area contributed by atoms with E-state index in [2.05, 4.69) is 26.0 Å². The van der Waals surface area contributed by atoms with Gasteiger partial charge in [0.2, 0.25) is 0 Å². The van der Waals surface area contributed by atoms with E-state index in [0.717, 1.165) is 34.4 Å². The van der Waals surface area contributed by atoms with Gasteiger partial charge in [-0.05, 0) is 25.0 Å². The van der Waals surface area contributed by atoms with E-state index in [4.69, 9.17) is 10.2 Å². The van der Waals surface area contributed by atoms with Crippen LogP contribution < -0.4 is 5.73 Å². The number of nitrogens with two attached hydrogens (primary N) is 1. The highest BCUT2D eigenvalue weighted by Gasteiger charge is 2.13. The molecular weight excluding hydrogens is 174 g/mol. The summed E-state index contributed by atoms with van der Waals surface area (Å²) in [6.45, 7) is 6.16. The highest BCUT2D eigenvalue weighted by atomic mass is 16.3. The van der Waals surface area contributed by atoms with Crippen LogP contribution >= 0.6 is 0 Å². The third-order valence-corrected chi connectivity index (χ3v) is 2.68. The predicted octanol–water partition coefficient (Wildman–Crippen LogP) is 3.19. The minimum atomic E-state index is 0.809. The molecule has 0 aliphatic rings. The van der Waals surface area contributed by atoms with E-state index >= 15 is 0 Å². The lowest BCUT2D eigenvalue weighted by Gasteiger charge is -1.98. The standard InChI is InChI=1S/C12H15NO/c1-4-9-11(13)10-7(2)5-6-8(3)12(10)14-9/h5-6H,4,13H2,1-3H3. The molecule has 1 aromatic heterocycles. The van der Waals surface area contributed by atoms with Gasteiger partial charge in [0.05, 0.1) is 5.69 Å². The molecule has 74 valence electrons. The van der Waals surface area contributed by atoms with Crippen LogP contribution in [0.25, 0.3) is 11.0 Å². The molecule has 0 radical (unpaired) electrons. The van der Waals surface area contributed by atoms with Crippen LogP contribution in [0, 0.1) is 13.8 Å². The van der Waals surface area contributed by atoms with E-state index in [9.17, 15) is 0 Å². The second-order valence-corrected chi connectivity index (χ2v) is 3.70. The van der Waals surface area contributed by atoms with Gasteiger partial charge in [0.1, 0.15) is 11.3 Å². The molecule has 1 aromatic carbocycles. The van der Waals surface area contributed by atoms with Crippen molar-refractivity contribution in [1.82, 2.24) is 0 Å². The highest BCUT2D eigenvalue weighted by Crippen LogP contribution is 2.33. The number of aryl methyl sites for hydroxylation is 3. The summed E-state index contributed by atoms with van der Waals surface area (Å²) >= 11 is 0. The number of benzene rings is 1. The monoisotopic (exact) mass is 189 g/mol. The first-order valence-corrected chi connectivity index (χ1v) is 4.92. The molecule has 0 saturated heterocycles. The van der Waals surface area contributed by atoms with Crippen molar-refractivity contribution >= 4 is 16.7 Å². The summed E-state index contributed by atoms with van der Waals surface area (Å²) in [6.07, 6.45) is 0.847. The van der Waals surface area contributed by atoms with Crippen LogP contribution in [0.15, 0.2) is 16.5 Å². The van der Waals surface area contributed by atoms with Gasteiger partial charge in [0.15, 0.2) is 0 Å². The Balaban J connectivity index is 2.90. The minimum absolute atomic E-state index is 0.809. The van der Waals surface area contributed by atoms with Gasteiger partial charge in [-0.25, -0.2) is 0 Å². The number of hydrogen-bond acceptors (Lipinski definition) is 2. The molecule has 14 heavy (non-hydrogen) atoms. The summed E-state index contributed by atoms with van der Waals surface area (Å²) in [5.41, 5.74) is 10.1. The Morgan fingerprint density at radius 2 is 1.86 bits per heavy atom. The van der Waals surface area contributed by atoms with Crippen molar-refractivity contribution in [2.24, 2.45) is 0 Å². The first-order chi connectivity index (χ1) is 6.65. The number of hydrogen-bond donors (Lipinski definition) is 1. The quantitative estimate of drug-likeness (QED) is 0.748. The SMILES string of the molecule is CCc1oc2c(C)ccc(C)c2c1N. The Morgan fingerprint density at radius 3 is 2.43 bits per heavy atom. The van der Waals surface area contributed by atoms with Crippen molar-refractivity contribution in [2.45, 2.75) is 27.2 Å². The van der Waals surface area contributed by atoms with E-state index in [1.54, 1.807) is 0 Å². The smallest absolute Gasteiger partial charge is 0.139 e. The molecule has 2 aromatic rings. The van der Waals surface area contributed by atoms with E-state index in [1.165, 1.54) is 5.56 Å². The molecular formula is C12H15NO. The van der Waals surface area contributed by atoms with Crippen LogP contribution in [0.3, 0.4) is 0 Å². The molecule has 0 saturated carbocycles. The summed E-state index contributed by atoms with van der Waals surface area (Å²) in [6, 6.07) is 4.16. The summed E-state index contributed by atoms with van der Waals surface area (Å²) in [5.74, 6) is 0.900. The van der Waals surface area contributed by atoms with Gasteiger partial charge < -0.3 is 10.2 Å². The molecule has 2 heteroatoms. The van der Waals surface area contributed by atoms with Crippen LogP contribution in [0.2, 0.25) is 0 Å². The van der Waals surface area contributed by atoms with Crippen LogP contribution in [0.1, 0.15) is 23.8 Å². The second kappa shape index (κ2) is 3.05. The fourth-order valence-corrected chi connectivity index (χ4v) is 1.83. The first kappa shape index (κ1) is 9.13. The van der Waals surface area contributed by atoms with Crippen molar-refractivity contribution in [1.29, 1.82) is 0 Å². The molecule has 0 spiro atoms. The molecule has 2 nitrogen and oxygen atoms in total. The molecule has 0 atom stereocenters. The molecule has 2 N–H and O–H groups in total. The van der Waals surface area contributed by atoms with Gasteiger partial charge in [0, 0.05) is 11.8 Å². The Bertz CT molecular complexity index is 483. The lowest BCUT2D eigenvalue weighted by Crippen LogP contribution is -1.88. The van der Waals surface area contributed by atoms with E-state index < -0.39 is 0 Å². The van der Waals surface area contributed by atoms with Crippen molar-refractivity contribution in [3.05, 3.63) is 29.0 Å². The van der Waals surface area contributed by atoms with Gasteiger partial charge in [-0.2, -0.15) is 0 Å². The Labute approximate surface area is 83.7 Å². The molecule has 0 aliphatic carbocycles. The lowest BCUT2D eigenvalue weighted by atomic mass is 10.1. The number of rotatable bonds is 1. The number of anilines is 1. The molecule has 0 bridgehead atoms. The van der Waals surface area contributed by atoms with Crippen molar-refractivity contribution in [3.8, 4) is 0 Å². The summed E-state index contributed by atoms with van der Waals surface area (Å²) in [4.78, 5) is 0. The third kappa shape index (κ3) is 1.10. The Kier molecular flexibility index (Phi) is 1.99. The van der Waals surface area contributed by atoms with E-state index in [1.807, 2.05) is 6.92 Å². The molecule has 0 fully saturated rings. The molecule has 0 unspecified atom stereocenters. The highest BCUT2D eigenvalue weighted by molar-refractivity contribution is 5.95. The van der Waals surface area contributed by atoms with Crippen LogP contribution in [-0.2, 0) is 6.42 Å². The van der Waals surface area contributed by atoms with Gasteiger partial charge in [-0.3, -0.25) is 0 Å². The number of furan rings is 1. The zero-order valence-corrected chi connectivity index (χ0v) is 8.85. The average molecular weight is 189 g/mol. The topological polar surface area (TPSA) is 39.2 Å². The largest absolute Gasteiger partial charge is 0.459 e. The maximum Gasteiger partial charge on any atom is 0.139 e. The lowest BCUT2D eigenvalue weighted by molar-refractivity contribution is 0.557. The second-order valence-electron chi connectivity index (χ2n) is 3.70. The van der Waals surface area contributed by atoms with Gasteiger partial charge in [-0.1, -0.05) is 19.1 Å². The van der Waals surface area contributed by atoms with Crippen LogP contribution in [0.5, 0.6) is 0 Å². The summed E-state index contributed by atoms with van der Waals surface area (Å²) in [7, 11) is 0. The molecule has 0 aliphatic heterocycles. The van der Waals surface area contributed by atoms with Crippen molar-refractivity contribution < 1.29 is 4.42 Å². The van der Waals surface area contributed by atoms with Crippen molar-refractivity contribution in [2.75, 3.05) is 5.73 Å². The van der Waals surface area contributed by atoms with Crippen molar-refractivity contribution in [3.63, 3.8) is 0 Å². The molecule has 1 heterocycles. The Hall–Kier alpha value is -1.44. The fraction of sp³-hybridized carbons (Fsp3) is 0.333. The average Bonchev–Trinajstić information content (AvgIpc) is 2.51. The third-order valence-electron chi connectivity index (χ3n) is 2.68. The maximum absolute atomic E-state index is 6.03. The normalized spacial score (nSPS) is 11.1. The van der Waals surface area contributed by atoms with Gasteiger partial charge in [-0.15, -0.1) is 0 Å². The Morgan fingerprint density at radius 1 is 1.21 bits per heavy atom. The fourth-order valence-electron chi connectivity index (χ4n) is 1.83. The van der Waals surface area contributed by atoms with Crippen LogP contribution in [-0.4, -0.2) is 0 Å². The molecule has 2 rings (SSSR count). The summed E-state index contributed by atoms with van der Waals surface area (Å²) in [5, 5.41) is 1.09. The zero-order valence-electron chi connectivity index (χ0n) is 8.85. The van der Waals surface area contributed by atoms with Gasteiger partial charge in [0.25, 0.3) is 0 Å². The minimum Gasteiger partial charge on any atom is -0.459 e. The molecule has 0 amide bonds. The van der Waals surface area contributed by atoms with E-state index in [0.29, 0.717) is 0 Å². The maximum atomic E-state index is 6.03. The van der Waals surface area contributed by atoms with Crippen LogP contribution in [0.4, 0.5) is 5.69 Å².